The molecule has 1 rings (SSSR count). The van der Waals surface area contributed by atoms with Gasteiger partial charge in [-0.15, -0.1) is 0 Å². The summed E-state index contributed by atoms with van der Waals surface area (Å²) >= 11 is 0. The van der Waals surface area contributed by atoms with Crippen LogP contribution in [0, 0.1) is 16.7 Å². The lowest BCUT2D eigenvalue weighted by Gasteiger charge is -2.30. The van der Waals surface area contributed by atoms with Crippen molar-refractivity contribution >= 4 is 0 Å². The fourth-order valence-electron chi connectivity index (χ4n) is 2.96. The first-order valence-electron chi connectivity index (χ1n) is 8.44. The molecule has 3 nitrogen and oxygen atoms in total. The fraction of sp³-hybridized carbons (Fsp3) is 0.941. The van der Waals surface area contributed by atoms with E-state index < -0.39 is 0 Å². The summed E-state index contributed by atoms with van der Waals surface area (Å²) in [6.45, 7) is 11.1. The Morgan fingerprint density at radius 1 is 1.25 bits per heavy atom. The van der Waals surface area contributed by atoms with Gasteiger partial charge < -0.3 is 10.2 Å². The van der Waals surface area contributed by atoms with Crippen molar-refractivity contribution in [1.29, 1.82) is 5.26 Å². The summed E-state index contributed by atoms with van der Waals surface area (Å²) < 4.78 is 0. The molecule has 0 amide bonds. The molecular formula is C17H33N3. The second kappa shape index (κ2) is 9.37. The molecule has 1 N–H and O–H groups in total. The Morgan fingerprint density at radius 2 is 2.05 bits per heavy atom. The van der Waals surface area contributed by atoms with Crippen LogP contribution in [-0.2, 0) is 0 Å². The van der Waals surface area contributed by atoms with E-state index in [1.165, 1.54) is 64.7 Å². The van der Waals surface area contributed by atoms with E-state index in [2.05, 4.69) is 23.2 Å². The molecule has 1 heterocycles. The van der Waals surface area contributed by atoms with E-state index in [9.17, 15) is 0 Å². The van der Waals surface area contributed by atoms with Crippen molar-refractivity contribution in [3.05, 3.63) is 0 Å². The van der Waals surface area contributed by atoms with Crippen LogP contribution in [0.2, 0.25) is 0 Å². The molecule has 116 valence electrons. The van der Waals surface area contributed by atoms with Crippen LogP contribution in [0.4, 0.5) is 0 Å². The molecule has 0 aromatic heterocycles. The van der Waals surface area contributed by atoms with Crippen LogP contribution in [0.15, 0.2) is 0 Å². The third-order valence-electron chi connectivity index (χ3n) is 4.26. The molecule has 0 saturated carbocycles. The highest BCUT2D eigenvalue weighted by Crippen LogP contribution is 2.21. The number of nitriles is 1. The highest BCUT2D eigenvalue weighted by Gasteiger charge is 2.18. The average molecular weight is 279 g/mol. The second-order valence-corrected chi connectivity index (χ2v) is 6.90. The molecule has 1 aliphatic heterocycles. The molecule has 0 aromatic rings. The SMILES string of the molecule is CCCN(CCCCC(C)(C)C#N)CC1CCCCN1. The van der Waals surface area contributed by atoms with Crippen LogP contribution in [0.5, 0.6) is 0 Å². The van der Waals surface area contributed by atoms with Crippen LogP contribution in [0.3, 0.4) is 0 Å². The molecule has 20 heavy (non-hydrogen) atoms. The van der Waals surface area contributed by atoms with E-state index in [0.717, 1.165) is 6.42 Å². The van der Waals surface area contributed by atoms with Crippen LogP contribution in [0.25, 0.3) is 0 Å². The summed E-state index contributed by atoms with van der Waals surface area (Å²) in [6.07, 6.45) is 8.70. The van der Waals surface area contributed by atoms with Gasteiger partial charge in [-0.2, -0.15) is 5.26 Å². The summed E-state index contributed by atoms with van der Waals surface area (Å²) in [5.41, 5.74) is -0.152. The van der Waals surface area contributed by atoms with Crippen LogP contribution in [0.1, 0.15) is 65.7 Å². The van der Waals surface area contributed by atoms with Gasteiger partial charge in [-0.3, -0.25) is 0 Å². The molecule has 1 unspecified atom stereocenters. The Morgan fingerprint density at radius 3 is 2.65 bits per heavy atom. The Hall–Kier alpha value is -0.590. The predicted molar refractivity (Wildman–Crippen MR) is 85.6 cm³/mol. The number of piperidine rings is 1. The third-order valence-corrected chi connectivity index (χ3v) is 4.26. The number of nitrogens with zero attached hydrogens (tertiary/aromatic N) is 2. The van der Waals surface area contributed by atoms with Gasteiger partial charge in [-0.05, 0) is 65.6 Å². The van der Waals surface area contributed by atoms with E-state index in [0.29, 0.717) is 6.04 Å². The fourth-order valence-corrected chi connectivity index (χ4v) is 2.96. The number of unbranched alkanes of at least 4 members (excludes halogenated alkanes) is 1. The number of nitrogens with one attached hydrogen (secondary N) is 1. The smallest absolute Gasteiger partial charge is 0.0683 e. The van der Waals surface area contributed by atoms with Crippen molar-refractivity contribution in [2.75, 3.05) is 26.2 Å². The molecule has 3 heteroatoms. The minimum atomic E-state index is -0.152. The van der Waals surface area contributed by atoms with Gasteiger partial charge >= 0.3 is 0 Å². The number of hydrogen-bond acceptors (Lipinski definition) is 3. The molecule has 1 saturated heterocycles. The quantitative estimate of drug-likeness (QED) is 0.656. The first-order chi connectivity index (χ1) is 9.57. The van der Waals surface area contributed by atoms with E-state index in [1.807, 2.05) is 13.8 Å². The molecule has 0 aromatic carbocycles. The minimum absolute atomic E-state index is 0.152. The Bertz CT molecular complexity index is 287. The lowest BCUT2D eigenvalue weighted by atomic mass is 9.89. The molecule has 0 spiro atoms. The van der Waals surface area contributed by atoms with Crippen molar-refractivity contribution in [1.82, 2.24) is 10.2 Å². The average Bonchev–Trinajstić information content (AvgIpc) is 2.45. The maximum Gasteiger partial charge on any atom is 0.0683 e. The maximum absolute atomic E-state index is 9.03. The summed E-state index contributed by atoms with van der Waals surface area (Å²) in [5, 5.41) is 12.7. The maximum atomic E-state index is 9.03. The van der Waals surface area contributed by atoms with Gasteiger partial charge in [-0.25, -0.2) is 0 Å². The van der Waals surface area contributed by atoms with Crippen molar-refractivity contribution in [3.63, 3.8) is 0 Å². The zero-order valence-electron chi connectivity index (χ0n) is 13.7. The van der Waals surface area contributed by atoms with Crippen molar-refractivity contribution in [2.24, 2.45) is 5.41 Å². The zero-order chi connectivity index (χ0) is 14.8. The Labute approximate surface area is 125 Å². The van der Waals surface area contributed by atoms with E-state index in [-0.39, 0.29) is 5.41 Å². The summed E-state index contributed by atoms with van der Waals surface area (Å²) in [7, 11) is 0. The zero-order valence-corrected chi connectivity index (χ0v) is 13.7. The van der Waals surface area contributed by atoms with E-state index in [4.69, 9.17) is 5.26 Å². The minimum Gasteiger partial charge on any atom is -0.313 e. The summed E-state index contributed by atoms with van der Waals surface area (Å²) in [6, 6.07) is 3.10. The normalized spacial score (nSPS) is 20.1. The molecule has 0 bridgehead atoms. The van der Waals surface area contributed by atoms with Gasteiger partial charge in [0.2, 0.25) is 0 Å². The lowest BCUT2D eigenvalue weighted by Crippen LogP contribution is -2.44. The first kappa shape index (κ1) is 17.5. The summed E-state index contributed by atoms with van der Waals surface area (Å²) in [4.78, 5) is 2.61. The number of hydrogen-bond donors (Lipinski definition) is 1. The summed E-state index contributed by atoms with van der Waals surface area (Å²) in [5.74, 6) is 0. The van der Waals surface area contributed by atoms with E-state index >= 15 is 0 Å². The van der Waals surface area contributed by atoms with Gasteiger partial charge in [0.1, 0.15) is 0 Å². The number of rotatable bonds is 9. The van der Waals surface area contributed by atoms with Crippen molar-refractivity contribution < 1.29 is 0 Å². The highest BCUT2D eigenvalue weighted by atomic mass is 15.1. The van der Waals surface area contributed by atoms with Gasteiger partial charge in [0.25, 0.3) is 0 Å². The Balaban J connectivity index is 2.23. The second-order valence-electron chi connectivity index (χ2n) is 6.90. The van der Waals surface area contributed by atoms with Gasteiger partial charge in [0, 0.05) is 12.6 Å². The molecule has 0 radical (unpaired) electrons. The first-order valence-corrected chi connectivity index (χ1v) is 8.44. The van der Waals surface area contributed by atoms with Crippen LogP contribution in [-0.4, -0.2) is 37.1 Å². The molecule has 0 aliphatic carbocycles. The highest BCUT2D eigenvalue weighted by molar-refractivity contribution is 4.91. The van der Waals surface area contributed by atoms with Crippen LogP contribution < -0.4 is 5.32 Å². The van der Waals surface area contributed by atoms with E-state index in [1.54, 1.807) is 0 Å². The lowest BCUT2D eigenvalue weighted by molar-refractivity contribution is 0.218. The van der Waals surface area contributed by atoms with Crippen LogP contribution >= 0.6 is 0 Å². The topological polar surface area (TPSA) is 39.1 Å². The standard InChI is InChI=1S/C17H33N3/c1-4-12-20(14-16-9-5-7-11-19-16)13-8-6-10-17(2,3)15-18/h16,19H,4-14H2,1-3H3. The van der Waals surface area contributed by atoms with Gasteiger partial charge in [0.15, 0.2) is 0 Å². The van der Waals surface area contributed by atoms with Crippen molar-refractivity contribution in [2.45, 2.75) is 71.8 Å². The largest absolute Gasteiger partial charge is 0.313 e. The Kier molecular flexibility index (Phi) is 8.18. The molecule has 1 atom stereocenters. The molecular weight excluding hydrogens is 246 g/mol. The van der Waals surface area contributed by atoms with Gasteiger partial charge in [0.05, 0.1) is 11.5 Å². The molecule has 1 fully saturated rings. The molecule has 1 aliphatic rings. The monoisotopic (exact) mass is 279 g/mol. The predicted octanol–water partition coefficient (Wildman–Crippen LogP) is 3.56. The van der Waals surface area contributed by atoms with Crippen molar-refractivity contribution in [3.8, 4) is 6.07 Å². The van der Waals surface area contributed by atoms with Gasteiger partial charge in [-0.1, -0.05) is 19.8 Å². The third kappa shape index (κ3) is 7.26.